The minimum Gasteiger partial charge on any atom is -0.347 e. The van der Waals surface area contributed by atoms with Crippen LogP contribution < -0.4 is 5.32 Å². The van der Waals surface area contributed by atoms with E-state index in [1.807, 2.05) is 0 Å². The molecule has 0 saturated heterocycles. The number of aryl methyl sites for hydroxylation is 1. The monoisotopic (exact) mass is 230 g/mol. The van der Waals surface area contributed by atoms with E-state index in [-0.39, 0.29) is 0 Å². The summed E-state index contributed by atoms with van der Waals surface area (Å²) in [6, 6.07) is 9.50. The summed E-state index contributed by atoms with van der Waals surface area (Å²) in [5, 5.41) is 4.80. The second-order valence-corrected chi connectivity index (χ2v) is 4.94. The van der Waals surface area contributed by atoms with Gasteiger partial charge in [0, 0.05) is 30.8 Å². The van der Waals surface area contributed by atoms with Crippen molar-refractivity contribution in [3.05, 3.63) is 36.0 Å². The predicted octanol–water partition coefficient (Wildman–Crippen LogP) is 3.55. The number of benzene rings is 1. The lowest BCUT2D eigenvalue weighted by Gasteiger charge is -2.08. The van der Waals surface area contributed by atoms with E-state index in [1.54, 1.807) is 0 Å². The van der Waals surface area contributed by atoms with Crippen molar-refractivity contribution in [2.45, 2.75) is 46.3 Å². The van der Waals surface area contributed by atoms with Gasteiger partial charge in [-0.1, -0.05) is 26.8 Å². The Labute approximate surface area is 104 Å². The van der Waals surface area contributed by atoms with Gasteiger partial charge in [0.25, 0.3) is 0 Å². The fraction of sp³-hybridized carbons (Fsp3) is 0.467. The van der Waals surface area contributed by atoms with Crippen LogP contribution >= 0.6 is 0 Å². The molecule has 17 heavy (non-hydrogen) atoms. The summed E-state index contributed by atoms with van der Waals surface area (Å²) < 4.78 is 2.33. The summed E-state index contributed by atoms with van der Waals surface area (Å²) in [7, 11) is 0. The summed E-state index contributed by atoms with van der Waals surface area (Å²) in [6.07, 6.45) is 3.37. The SMILES string of the molecule is CCCn1ccc2cc(CNC(C)C)ccc21. The molecule has 0 aliphatic heterocycles. The predicted molar refractivity (Wildman–Crippen MR) is 74.2 cm³/mol. The van der Waals surface area contributed by atoms with Crippen LogP contribution in [0.5, 0.6) is 0 Å². The third-order valence-electron chi connectivity index (χ3n) is 3.01. The molecule has 2 rings (SSSR count). The topological polar surface area (TPSA) is 17.0 Å². The van der Waals surface area contributed by atoms with Crippen LogP contribution in [0.2, 0.25) is 0 Å². The van der Waals surface area contributed by atoms with E-state index < -0.39 is 0 Å². The molecule has 0 unspecified atom stereocenters. The summed E-state index contributed by atoms with van der Waals surface area (Å²) in [6.45, 7) is 8.62. The first-order valence-corrected chi connectivity index (χ1v) is 6.52. The largest absolute Gasteiger partial charge is 0.347 e. The van der Waals surface area contributed by atoms with E-state index in [0.717, 1.165) is 13.1 Å². The van der Waals surface area contributed by atoms with Crippen LogP contribution in [0.15, 0.2) is 30.5 Å². The molecular weight excluding hydrogens is 208 g/mol. The van der Waals surface area contributed by atoms with Gasteiger partial charge in [0.1, 0.15) is 0 Å². The molecular formula is C15H22N2. The smallest absolute Gasteiger partial charge is 0.0480 e. The fourth-order valence-electron chi connectivity index (χ4n) is 2.12. The standard InChI is InChI=1S/C15H22N2/c1-4-8-17-9-7-14-10-13(5-6-15(14)17)11-16-12(2)3/h5-7,9-10,12,16H,4,8,11H2,1-3H3. The van der Waals surface area contributed by atoms with Gasteiger partial charge in [0.05, 0.1) is 0 Å². The number of aromatic nitrogens is 1. The molecule has 1 heterocycles. The average molecular weight is 230 g/mol. The van der Waals surface area contributed by atoms with Crippen LogP contribution in [0.25, 0.3) is 10.9 Å². The van der Waals surface area contributed by atoms with Crippen LogP contribution in [-0.4, -0.2) is 10.6 Å². The fourth-order valence-corrected chi connectivity index (χ4v) is 2.12. The highest BCUT2D eigenvalue weighted by Gasteiger charge is 2.02. The number of rotatable bonds is 5. The number of nitrogens with one attached hydrogen (secondary N) is 1. The molecule has 2 heteroatoms. The number of fused-ring (bicyclic) bond motifs is 1. The van der Waals surface area contributed by atoms with Gasteiger partial charge in [-0.3, -0.25) is 0 Å². The van der Waals surface area contributed by atoms with Gasteiger partial charge in [-0.2, -0.15) is 0 Å². The highest BCUT2D eigenvalue weighted by atomic mass is 14.9. The average Bonchev–Trinajstić information content (AvgIpc) is 2.70. The van der Waals surface area contributed by atoms with Crippen molar-refractivity contribution in [3.8, 4) is 0 Å². The van der Waals surface area contributed by atoms with Crippen molar-refractivity contribution < 1.29 is 0 Å². The maximum atomic E-state index is 3.45. The zero-order chi connectivity index (χ0) is 12.3. The van der Waals surface area contributed by atoms with Gasteiger partial charge < -0.3 is 9.88 Å². The third-order valence-corrected chi connectivity index (χ3v) is 3.01. The summed E-state index contributed by atoms with van der Waals surface area (Å²) in [5.74, 6) is 0. The van der Waals surface area contributed by atoms with Gasteiger partial charge in [-0.05, 0) is 35.6 Å². The Morgan fingerprint density at radius 1 is 1.24 bits per heavy atom. The molecule has 0 fully saturated rings. The normalized spacial score (nSPS) is 11.5. The van der Waals surface area contributed by atoms with Crippen LogP contribution in [0.3, 0.4) is 0 Å². The van der Waals surface area contributed by atoms with E-state index in [1.165, 1.54) is 22.9 Å². The van der Waals surface area contributed by atoms with Gasteiger partial charge in [0.2, 0.25) is 0 Å². The Balaban J connectivity index is 2.20. The van der Waals surface area contributed by atoms with E-state index >= 15 is 0 Å². The first-order chi connectivity index (χ1) is 8.20. The highest BCUT2D eigenvalue weighted by Crippen LogP contribution is 2.18. The summed E-state index contributed by atoms with van der Waals surface area (Å²) >= 11 is 0. The minimum absolute atomic E-state index is 0.537. The Morgan fingerprint density at radius 2 is 2.06 bits per heavy atom. The second kappa shape index (κ2) is 5.37. The molecule has 0 radical (unpaired) electrons. The lowest BCUT2D eigenvalue weighted by molar-refractivity contribution is 0.589. The molecule has 2 nitrogen and oxygen atoms in total. The van der Waals surface area contributed by atoms with Gasteiger partial charge >= 0.3 is 0 Å². The number of hydrogen-bond acceptors (Lipinski definition) is 1. The van der Waals surface area contributed by atoms with Crippen molar-refractivity contribution in [1.29, 1.82) is 0 Å². The molecule has 1 aromatic carbocycles. The Kier molecular flexibility index (Phi) is 3.85. The highest BCUT2D eigenvalue weighted by molar-refractivity contribution is 5.80. The molecule has 0 saturated carbocycles. The quantitative estimate of drug-likeness (QED) is 0.831. The lowest BCUT2D eigenvalue weighted by Crippen LogP contribution is -2.21. The molecule has 0 spiro atoms. The van der Waals surface area contributed by atoms with Crippen LogP contribution in [0.1, 0.15) is 32.8 Å². The third kappa shape index (κ3) is 2.89. The zero-order valence-electron chi connectivity index (χ0n) is 11.0. The molecule has 0 atom stereocenters. The van der Waals surface area contributed by atoms with E-state index in [2.05, 4.69) is 61.1 Å². The van der Waals surface area contributed by atoms with Crippen molar-refractivity contribution in [2.75, 3.05) is 0 Å². The zero-order valence-corrected chi connectivity index (χ0v) is 11.0. The van der Waals surface area contributed by atoms with Crippen molar-refractivity contribution in [2.24, 2.45) is 0 Å². The van der Waals surface area contributed by atoms with Crippen LogP contribution in [0.4, 0.5) is 0 Å². The van der Waals surface area contributed by atoms with Crippen molar-refractivity contribution in [1.82, 2.24) is 9.88 Å². The maximum absolute atomic E-state index is 3.45. The Hall–Kier alpha value is -1.28. The molecule has 0 bridgehead atoms. The van der Waals surface area contributed by atoms with Crippen molar-refractivity contribution in [3.63, 3.8) is 0 Å². The van der Waals surface area contributed by atoms with Crippen LogP contribution in [-0.2, 0) is 13.1 Å². The Bertz CT molecular complexity index is 483. The minimum atomic E-state index is 0.537. The summed E-state index contributed by atoms with van der Waals surface area (Å²) in [4.78, 5) is 0. The summed E-state index contributed by atoms with van der Waals surface area (Å²) in [5.41, 5.74) is 2.71. The molecule has 1 aromatic heterocycles. The van der Waals surface area contributed by atoms with Gasteiger partial charge in [-0.15, -0.1) is 0 Å². The number of hydrogen-bond donors (Lipinski definition) is 1. The van der Waals surface area contributed by atoms with Gasteiger partial charge in [-0.25, -0.2) is 0 Å². The maximum Gasteiger partial charge on any atom is 0.0480 e. The molecule has 0 aliphatic carbocycles. The Morgan fingerprint density at radius 3 is 2.76 bits per heavy atom. The van der Waals surface area contributed by atoms with E-state index in [0.29, 0.717) is 6.04 Å². The second-order valence-electron chi connectivity index (χ2n) is 4.94. The molecule has 0 amide bonds. The molecule has 2 aromatic rings. The molecule has 0 aliphatic rings. The van der Waals surface area contributed by atoms with Crippen LogP contribution in [0, 0.1) is 0 Å². The lowest BCUT2D eigenvalue weighted by atomic mass is 10.1. The number of nitrogens with zero attached hydrogens (tertiary/aromatic N) is 1. The molecule has 1 N–H and O–H groups in total. The van der Waals surface area contributed by atoms with E-state index in [9.17, 15) is 0 Å². The van der Waals surface area contributed by atoms with E-state index in [4.69, 9.17) is 0 Å². The van der Waals surface area contributed by atoms with Gasteiger partial charge in [0.15, 0.2) is 0 Å². The first-order valence-electron chi connectivity index (χ1n) is 6.52. The van der Waals surface area contributed by atoms with Crippen molar-refractivity contribution >= 4 is 10.9 Å². The first kappa shape index (κ1) is 12.2. The molecule has 92 valence electrons.